The largest absolute Gasteiger partial charge is 0.438 e. The molecule has 118 valence electrons. The lowest BCUT2D eigenvalue weighted by molar-refractivity contribution is 0.0744. The van der Waals surface area contributed by atoms with Crippen molar-refractivity contribution in [1.82, 2.24) is 14.5 Å². The van der Waals surface area contributed by atoms with Crippen LogP contribution in [0.4, 0.5) is 0 Å². The molecule has 0 saturated carbocycles. The zero-order chi connectivity index (χ0) is 15.8. The summed E-state index contributed by atoms with van der Waals surface area (Å²) in [5.41, 5.74) is 0. The highest BCUT2D eigenvalue weighted by Crippen LogP contribution is 2.23. The molecular formula is C13H21N3O4S. The highest BCUT2D eigenvalue weighted by Gasteiger charge is 2.35. The Kier molecular flexibility index (Phi) is 4.40. The molecule has 0 radical (unpaired) electrons. The minimum atomic E-state index is -3.67. The number of hydrogen-bond donors (Lipinski definition) is 1. The Morgan fingerprint density at radius 1 is 1.38 bits per heavy atom. The molecule has 1 fully saturated rings. The molecule has 1 N–H and O–H groups in total. The molecule has 0 aromatic carbocycles. The van der Waals surface area contributed by atoms with Crippen LogP contribution in [-0.2, 0) is 10.0 Å². The van der Waals surface area contributed by atoms with E-state index in [0.29, 0.717) is 25.0 Å². The maximum Gasteiger partial charge on any atom is 0.289 e. The highest BCUT2D eigenvalue weighted by atomic mass is 32.2. The van der Waals surface area contributed by atoms with Crippen molar-refractivity contribution < 1.29 is 17.6 Å². The van der Waals surface area contributed by atoms with Crippen molar-refractivity contribution >= 4 is 15.9 Å². The van der Waals surface area contributed by atoms with E-state index in [9.17, 15) is 13.2 Å². The van der Waals surface area contributed by atoms with Gasteiger partial charge in [0.15, 0.2) is 5.76 Å². The van der Waals surface area contributed by atoms with Gasteiger partial charge in [0.05, 0.1) is 0 Å². The summed E-state index contributed by atoms with van der Waals surface area (Å²) in [5, 5.41) is -0.246. The Bertz CT molecular complexity index is 623. The average Bonchev–Trinajstić information content (AvgIpc) is 3.04. The summed E-state index contributed by atoms with van der Waals surface area (Å²) in [6.07, 6.45) is 0. The topological polar surface area (TPSA) is 82.9 Å². The van der Waals surface area contributed by atoms with Crippen LogP contribution in [0.15, 0.2) is 21.6 Å². The fourth-order valence-electron chi connectivity index (χ4n) is 2.62. The molecule has 8 heteroatoms. The van der Waals surface area contributed by atoms with Gasteiger partial charge < -0.3 is 14.2 Å². The van der Waals surface area contributed by atoms with Gasteiger partial charge >= 0.3 is 0 Å². The molecule has 1 saturated heterocycles. The first-order valence-electron chi connectivity index (χ1n) is 6.75. The Hall–Kier alpha value is -1.38. The van der Waals surface area contributed by atoms with Gasteiger partial charge in [0.1, 0.15) is 0 Å². The van der Waals surface area contributed by atoms with E-state index >= 15 is 0 Å². The van der Waals surface area contributed by atoms with E-state index in [0.717, 1.165) is 0 Å². The normalized spacial score (nSPS) is 23.0. The van der Waals surface area contributed by atoms with Gasteiger partial charge in [-0.05, 0) is 39.2 Å². The summed E-state index contributed by atoms with van der Waals surface area (Å²) in [4.78, 5) is 16.2. The number of hydrogen-bond acceptors (Lipinski definition) is 5. The third-order valence-corrected chi connectivity index (χ3v) is 5.14. The molecule has 2 atom stereocenters. The Morgan fingerprint density at radius 3 is 2.57 bits per heavy atom. The predicted octanol–water partition coefficient (Wildman–Crippen LogP) is 0.210. The summed E-state index contributed by atoms with van der Waals surface area (Å²) < 4.78 is 30.6. The van der Waals surface area contributed by atoms with Crippen LogP contribution < -0.4 is 4.72 Å². The van der Waals surface area contributed by atoms with Crippen molar-refractivity contribution in [2.45, 2.75) is 18.1 Å². The molecule has 1 aromatic rings. The van der Waals surface area contributed by atoms with Crippen molar-refractivity contribution in [1.29, 1.82) is 0 Å². The molecule has 7 nitrogen and oxygen atoms in total. The summed E-state index contributed by atoms with van der Waals surface area (Å²) in [7, 11) is 1.60. The van der Waals surface area contributed by atoms with Crippen LogP contribution in [0.3, 0.4) is 0 Å². The van der Waals surface area contributed by atoms with E-state index in [2.05, 4.69) is 16.5 Å². The third kappa shape index (κ3) is 3.12. The monoisotopic (exact) mass is 315 g/mol. The molecular weight excluding hydrogens is 294 g/mol. The van der Waals surface area contributed by atoms with Crippen molar-refractivity contribution in [2.75, 3.05) is 34.2 Å². The molecule has 1 amide bonds. The van der Waals surface area contributed by atoms with Crippen LogP contribution in [0.25, 0.3) is 0 Å². The number of nitrogens with one attached hydrogen (secondary N) is 1. The second kappa shape index (κ2) is 5.78. The minimum absolute atomic E-state index is 0.0513. The smallest absolute Gasteiger partial charge is 0.289 e. The van der Waals surface area contributed by atoms with Gasteiger partial charge in [-0.1, -0.05) is 6.92 Å². The maximum atomic E-state index is 12.4. The summed E-state index contributed by atoms with van der Waals surface area (Å²) >= 11 is 0. The molecule has 1 aliphatic heterocycles. The third-order valence-electron chi connectivity index (χ3n) is 3.85. The van der Waals surface area contributed by atoms with Crippen LogP contribution in [-0.4, -0.2) is 64.4 Å². The summed E-state index contributed by atoms with van der Waals surface area (Å²) in [6.45, 7) is 3.34. The second-order valence-electron chi connectivity index (χ2n) is 5.54. The van der Waals surface area contributed by atoms with E-state index in [-0.39, 0.29) is 16.8 Å². The maximum absolute atomic E-state index is 12.4. The van der Waals surface area contributed by atoms with E-state index in [1.54, 1.807) is 4.90 Å². The summed E-state index contributed by atoms with van der Waals surface area (Å²) in [6, 6.07) is 2.99. The number of nitrogens with zero attached hydrogens (tertiary/aromatic N) is 2. The van der Waals surface area contributed by atoms with E-state index in [1.807, 2.05) is 14.1 Å². The molecule has 0 unspecified atom stereocenters. The number of amides is 1. The lowest BCUT2D eigenvalue weighted by Gasteiger charge is -2.22. The Balaban J connectivity index is 2.15. The van der Waals surface area contributed by atoms with Crippen molar-refractivity contribution in [2.24, 2.45) is 5.92 Å². The first-order chi connectivity index (χ1) is 9.76. The molecule has 2 rings (SSSR count). The molecule has 1 aromatic heterocycles. The number of rotatable bonds is 4. The standard InChI is InChI=1S/C13H21N3O4S/c1-9-7-16(8-10(9)15(3)4)13(17)11-5-6-12(20-11)21(18,19)14-2/h5-6,9-10,14H,7-8H2,1-4H3/t9-,10+/m0/s1. The van der Waals surface area contributed by atoms with Crippen molar-refractivity contribution in [3.63, 3.8) is 0 Å². The molecule has 21 heavy (non-hydrogen) atoms. The van der Waals surface area contributed by atoms with Crippen LogP contribution >= 0.6 is 0 Å². The Labute approximate surface area is 124 Å². The fraction of sp³-hybridized carbons (Fsp3) is 0.615. The predicted molar refractivity (Wildman–Crippen MR) is 77.5 cm³/mol. The molecule has 0 bridgehead atoms. The zero-order valence-electron chi connectivity index (χ0n) is 12.7. The fourth-order valence-corrected chi connectivity index (χ4v) is 3.27. The first kappa shape index (κ1) is 16.0. The number of carbonyl (C=O) groups excluding carboxylic acids is 1. The number of sulfonamides is 1. The number of furan rings is 1. The zero-order valence-corrected chi connectivity index (χ0v) is 13.5. The van der Waals surface area contributed by atoms with E-state index in [4.69, 9.17) is 4.42 Å². The molecule has 1 aliphatic rings. The lowest BCUT2D eigenvalue weighted by atomic mass is 10.1. The van der Waals surface area contributed by atoms with E-state index < -0.39 is 10.0 Å². The van der Waals surface area contributed by atoms with Crippen LogP contribution in [0, 0.1) is 5.92 Å². The first-order valence-corrected chi connectivity index (χ1v) is 8.23. The SMILES string of the molecule is CNS(=O)(=O)c1ccc(C(=O)N2C[C@@H](N(C)C)[C@@H](C)C2)o1. The number of carbonyl (C=O) groups is 1. The molecule has 0 aliphatic carbocycles. The number of likely N-dealkylation sites (tertiary alicyclic amines) is 1. The van der Waals surface area contributed by atoms with Gasteiger partial charge in [0, 0.05) is 19.1 Å². The van der Waals surface area contributed by atoms with Crippen LogP contribution in [0.2, 0.25) is 0 Å². The van der Waals surface area contributed by atoms with E-state index in [1.165, 1.54) is 19.2 Å². The van der Waals surface area contributed by atoms with Gasteiger partial charge in [-0.3, -0.25) is 4.79 Å². The quantitative estimate of drug-likeness (QED) is 0.859. The van der Waals surface area contributed by atoms with Gasteiger partial charge in [0.25, 0.3) is 15.9 Å². The molecule has 0 spiro atoms. The van der Waals surface area contributed by atoms with Crippen LogP contribution in [0.5, 0.6) is 0 Å². The number of likely N-dealkylation sites (N-methyl/N-ethyl adjacent to an activating group) is 1. The highest BCUT2D eigenvalue weighted by molar-refractivity contribution is 7.89. The van der Waals surface area contributed by atoms with Gasteiger partial charge in [0.2, 0.25) is 5.09 Å². The van der Waals surface area contributed by atoms with Gasteiger partial charge in [-0.25, -0.2) is 13.1 Å². The van der Waals surface area contributed by atoms with Gasteiger partial charge in [-0.2, -0.15) is 0 Å². The minimum Gasteiger partial charge on any atom is -0.438 e. The van der Waals surface area contributed by atoms with Crippen LogP contribution in [0.1, 0.15) is 17.5 Å². The van der Waals surface area contributed by atoms with Gasteiger partial charge in [-0.15, -0.1) is 0 Å². The molecule has 2 heterocycles. The second-order valence-corrected chi connectivity index (χ2v) is 7.36. The van der Waals surface area contributed by atoms with Crippen molar-refractivity contribution in [3.8, 4) is 0 Å². The lowest BCUT2D eigenvalue weighted by Crippen LogP contribution is -2.35. The Morgan fingerprint density at radius 2 is 2.05 bits per heavy atom. The summed E-state index contributed by atoms with van der Waals surface area (Å²) in [5.74, 6) is 0.138. The average molecular weight is 315 g/mol. The van der Waals surface area contributed by atoms with Crippen molar-refractivity contribution in [3.05, 3.63) is 17.9 Å².